The number of hydrogen-bond donors (Lipinski definition) is 1. The SMILES string of the molecule is CC(C)NCc1nc(CN(C)CC2CCOCC2)cs1. The highest BCUT2D eigenvalue weighted by atomic mass is 32.1. The predicted octanol–water partition coefficient (Wildman–Crippen LogP) is 2.50. The van der Waals surface area contributed by atoms with Crippen molar-refractivity contribution >= 4 is 11.3 Å². The van der Waals surface area contributed by atoms with Gasteiger partial charge in [0.15, 0.2) is 0 Å². The summed E-state index contributed by atoms with van der Waals surface area (Å²) in [5.41, 5.74) is 1.20. The van der Waals surface area contributed by atoms with E-state index in [0.717, 1.165) is 38.8 Å². The molecule has 114 valence electrons. The molecule has 1 aliphatic rings. The Morgan fingerprint density at radius 2 is 2.20 bits per heavy atom. The third-order valence-corrected chi connectivity index (χ3v) is 4.50. The average molecular weight is 297 g/mol. The number of nitrogens with zero attached hydrogens (tertiary/aromatic N) is 2. The van der Waals surface area contributed by atoms with Gasteiger partial charge in [0.2, 0.25) is 0 Å². The van der Waals surface area contributed by atoms with Gasteiger partial charge in [-0.2, -0.15) is 0 Å². The Morgan fingerprint density at radius 3 is 2.90 bits per heavy atom. The van der Waals surface area contributed by atoms with Crippen LogP contribution in [0.3, 0.4) is 0 Å². The van der Waals surface area contributed by atoms with E-state index in [-0.39, 0.29) is 0 Å². The first-order valence-corrected chi connectivity index (χ1v) is 8.44. The zero-order chi connectivity index (χ0) is 14.4. The quantitative estimate of drug-likeness (QED) is 0.839. The van der Waals surface area contributed by atoms with Gasteiger partial charge in [0.25, 0.3) is 0 Å². The minimum atomic E-state index is 0.513. The molecule has 0 bridgehead atoms. The Hall–Kier alpha value is -0.490. The molecule has 0 atom stereocenters. The van der Waals surface area contributed by atoms with Crippen LogP contribution in [0.4, 0.5) is 0 Å². The van der Waals surface area contributed by atoms with Crippen LogP contribution in [0.2, 0.25) is 0 Å². The molecule has 1 aromatic heterocycles. The molecule has 0 amide bonds. The van der Waals surface area contributed by atoms with E-state index in [0.29, 0.717) is 6.04 Å². The molecule has 1 aromatic rings. The molecule has 2 rings (SSSR count). The van der Waals surface area contributed by atoms with Crippen molar-refractivity contribution in [2.75, 3.05) is 26.8 Å². The molecule has 0 radical (unpaired) electrons. The second-order valence-electron chi connectivity index (χ2n) is 6.02. The van der Waals surface area contributed by atoms with E-state index in [1.54, 1.807) is 11.3 Å². The summed E-state index contributed by atoms with van der Waals surface area (Å²) in [6.07, 6.45) is 2.40. The van der Waals surface area contributed by atoms with E-state index >= 15 is 0 Å². The molecule has 0 aromatic carbocycles. The van der Waals surface area contributed by atoms with Crippen molar-refractivity contribution in [2.24, 2.45) is 5.92 Å². The number of aromatic nitrogens is 1. The zero-order valence-corrected chi connectivity index (χ0v) is 13.7. The number of rotatable bonds is 7. The summed E-state index contributed by atoms with van der Waals surface area (Å²) in [7, 11) is 2.20. The number of thiazole rings is 1. The molecule has 0 saturated carbocycles. The molecule has 1 saturated heterocycles. The Balaban J connectivity index is 1.74. The van der Waals surface area contributed by atoms with Gasteiger partial charge in [0.1, 0.15) is 5.01 Å². The van der Waals surface area contributed by atoms with Crippen molar-refractivity contribution in [3.8, 4) is 0 Å². The minimum absolute atomic E-state index is 0.513. The third-order valence-electron chi connectivity index (χ3n) is 3.60. The molecule has 2 heterocycles. The predicted molar refractivity (Wildman–Crippen MR) is 84.0 cm³/mol. The molecule has 5 heteroatoms. The molecule has 20 heavy (non-hydrogen) atoms. The van der Waals surface area contributed by atoms with Gasteiger partial charge in [-0.05, 0) is 25.8 Å². The van der Waals surface area contributed by atoms with Crippen LogP contribution < -0.4 is 5.32 Å². The monoisotopic (exact) mass is 297 g/mol. The van der Waals surface area contributed by atoms with Crippen LogP contribution in [-0.2, 0) is 17.8 Å². The highest BCUT2D eigenvalue weighted by Gasteiger charge is 2.16. The number of hydrogen-bond acceptors (Lipinski definition) is 5. The first-order chi connectivity index (χ1) is 9.63. The molecule has 1 aliphatic heterocycles. The Bertz CT molecular complexity index is 388. The minimum Gasteiger partial charge on any atom is -0.381 e. The second-order valence-corrected chi connectivity index (χ2v) is 6.96. The number of ether oxygens (including phenoxy) is 1. The van der Waals surface area contributed by atoms with Crippen molar-refractivity contribution in [3.63, 3.8) is 0 Å². The van der Waals surface area contributed by atoms with Gasteiger partial charge < -0.3 is 15.0 Å². The Kier molecular flexibility index (Phi) is 6.42. The van der Waals surface area contributed by atoms with Gasteiger partial charge >= 0.3 is 0 Å². The van der Waals surface area contributed by atoms with Crippen molar-refractivity contribution in [1.82, 2.24) is 15.2 Å². The first kappa shape index (κ1) is 15.9. The van der Waals surface area contributed by atoms with Crippen molar-refractivity contribution in [2.45, 2.75) is 45.8 Å². The van der Waals surface area contributed by atoms with E-state index < -0.39 is 0 Å². The lowest BCUT2D eigenvalue weighted by molar-refractivity contribution is 0.0548. The van der Waals surface area contributed by atoms with Crippen LogP contribution in [0.1, 0.15) is 37.4 Å². The molecule has 0 aliphatic carbocycles. The van der Waals surface area contributed by atoms with Crippen LogP contribution in [0.15, 0.2) is 5.38 Å². The van der Waals surface area contributed by atoms with Crippen molar-refractivity contribution in [1.29, 1.82) is 0 Å². The highest BCUT2D eigenvalue weighted by Crippen LogP contribution is 2.17. The van der Waals surface area contributed by atoms with Gasteiger partial charge in [0.05, 0.1) is 5.69 Å². The summed E-state index contributed by atoms with van der Waals surface area (Å²) in [6.45, 7) is 9.18. The maximum absolute atomic E-state index is 5.41. The topological polar surface area (TPSA) is 37.4 Å². The Labute approximate surface area is 126 Å². The fraction of sp³-hybridized carbons (Fsp3) is 0.800. The van der Waals surface area contributed by atoms with Crippen molar-refractivity contribution < 1.29 is 4.74 Å². The largest absolute Gasteiger partial charge is 0.381 e. The van der Waals surface area contributed by atoms with Crippen LogP contribution in [0.25, 0.3) is 0 Å². The molecule has 4 nitrogen and oxygen atoms in total. The van der Waals surface area contributed by atoms with E-state index in [1.807, 2.05) is 0 Å². The smallest absolute Gasteiger partial charge is 0.107 e. The lowest BCUT2D eigenvalue weighted by atomic mass is 10.00. The van der Waals surface area contributed by atoms with Gasteiger partial charge in [-0.25, -0.2) is 4.98 Å². The second kappa shape index (κ2) is 8.08. The maximum atomic E-state index is 5.41. The molecular weight excluding hydrogens is 270 g/mol. The van der Waals surface area contributed by atoms with Crippen LogP contribution >= 0.6 is 11.3 Å². The molecule has 0 spiro atoms. The van der Waals surface area contributed by atoms with E-state index in [4.69, 9.17) is 9.72 Å². The van der Waals surface area contributed by atoms with Gasteiger partial charge in [-0.3, -0.25) is 0 Å². The van der Waals surface area contributed by atoms with Crippen molar-refractivity contribution in [3.05, 3.63) is 16.1 Å². The normalized spacial score (nSPS) is 17.2. The maximum Gasteiger partial charge on any atom is 0.107 e. The molecule has 1 N–H and O–H groups in total. The Morgan fingerprint density at radius 1 is 1.45 bits per heavy atom. The summed E-state index contributed by atoms with van der Waals surface area (Å²) in [6, 6.07) is 0.513. The lowest BCUT2D eigenvalue weighted by Crippen LogP contribution is -2.29. The average Bonchev–Trinajstić information content (AvgIpc) is 2.85. The lowest BCUT2D eigenvalue weighted by Gasteiger charge is -2.26. The first-order valence-electron chi connectivity index (χ1n) is 7.56. The molecule has 0 unspecified atom stereocenters. The fourth-order valence-corrected chi connectivity index (χ4v) is 3.24. The summed E-state index contributed by atoms with van der Waals surface area (Å²) in [4.78, 5) is 7.10. The fourth-order valence-electron chi connectivity index (χ4n) is 2.51. The number of nitrogens with one attached hydrogen (secondary N) is 1. The van der Waals surface area contributed by atoms with Gasteiger partial charge in [-0.15, -0.1) is 11.3 Å². The summed E-state index contributed by atoms with van der Waals surface area (Å²) in [5, 5.41) is 6.79. The van der Waals surface area contributed by atoms with E-state index in [1.165, 1.54) is 23.5 Å². The zero-order valence-electron chi connectivity index (χ0n) is 12.9. The highest BCUT2D eigenvalue weighted by molar-refractivity contribution is 7.09. The van der Waals surface area contributed by atoms with Gasteiger partial charge in [-0.1, -0.05) is 13.8 Å². The van der Waals surface area contributed by atoms with Crippen LogP contribution in [0, 0.1) is 5.92 Å². The van der Waals surface area contributed by atoms with E-state index in [2.05, 4.69) is 36.5 Å². The third kappa shape index (κ3) is 5.48. The van der Waals surface area contributed by atoms with Crippen LogP contribution in [-0.4, -0.2) is 42.7 Å². The molecule has 1 fully saturated rings. The summed E-state index contributed by atoms with van der Waals surface area (Å²) >= 11 is 1.76. The van der Waals surface area contributed by atoms with E-state index in [9.17, 15) is 0 Å². The summed E-state index contributed by atoms with van der Waals surface area (Å²) < 4.78 is 5.41. The standard InChI is InChI=1S/C15H27N3OS/c1-12(2)16-8-15-17-14(11-20-15)10-18(3)9-13-4-6-19-7-5-13/h11-13,16H,4-10H2,1-3H3. The summed E-state index contributed by atoms with van der Waals surface area (Å²) in [5.74, 6) is 0.787. The molecular formula is C15H27N3OS. The van der Waals surface area contributed by atoms with Gasteiger partial charge in [0, 0.05) is 44.3 Å². The van der Waals surface area contributed by atoms with Crippen LogP contribution in [0.5, 0.6) is 0 Å².